The van der Waals surface area contributed by atoms with Gasteiger partial charge in [0.2, 0.25) is 12.0 Å². The number of carboxylic acids is 1. The van der Waals surface area contributed by atoms with Crippen LogP contribution in [0.3, 0.4) is 0 Å². The molecule has 2 amide bonds. The van der Waals surface area contributed by atoms with Crippen LogP contribution in [0.4, 0.5) is 5.69 Å². The molecule has 0 aliphatic carbocycles. The van der Waals surface area contributed by atoms with Crippen LogP contribution in [-0.2, 0) is 40.4 Å². The van der Waals surface area contributed by atoms with Crippen LogP contribution >= 0.6 is 34.5 Å². The average Bonchev–Trinajstić information content (AvgIpc) is 3.80. The summed E-state index contributed by atoms with van der Waals surface area (Å²) in [6.07, 6.45) is -0.587. The number of aliphatic carboxylic acids is 1. The third kappa shape index (κ3) is 9.73. The van der Waals surface area contributed by atoms with E-state index < -0.39 is 30.1 Å². The second-order valence-electron chi connectivity index (χ2n) is 14.6. The summed E-state index contributed by atoms with van der Waals surface area (Å²) in [5.41, 5.74) is 7.73. The lowest BCUT2D eigenvalue weighted by Crippen LogP contribution is -2.54. The van der Waals surface area contributed by atoms with Gasteiger partial charge < -0.3 is 25.2 Å². The fourth-order valence-electron chi connectivity index (χ4n) is 7.28. The highest BCUT2D eigenvalue weighted by molar-refractivity contribution is 7.08. The first-order chi connectivity index (χ1) is 29.6. The summed E-state index contributed by atoms with van der Waals surface area (Å²) in [4.78, 5) is 42.0. The van der Waals surface area contributed by atoms with Crippen molar-refractivity contribution < 1.29 is 29.0 Å². The molecule has 6 aromatic rings. The zero-order valence-corrected chi connectivity index (χ0v) is 34.7. The second kappa shape index (κ2) is 18.3. The van der Waals surface area contributed by atoms with Gasteiger partial charge in [0.25, 0.3) is 5.91 Å². The zero-order valence-electron chi connectivity index (χ0n) is 32.4. The molecule has 8 rings (SSSR count). The Kier molecular flexibility index (Phi) is 12.4. The maximum Gasteiger partial charge on any atom is 0.326 e. The molecule has 304 valence electrons. The molecule has 2 unspecified atom stereocenters. The van der Waals surface area contributed by atoms with Gasteiger partial charge in [-0.25, -0.2) is 4.79 Å². The van der Waals surface area contributed by atoms with Gasteiger partial charge in [-0.05, 0) is 99.8 Å². The third-order valence-electron chi connectivity index (χ3n) is 10.5. The number of fused-ring (bicyclic) bond motifs is 2. The molecule has 1 aromatic heterocycles. The number of nitrogens with one attached hydrogen (secondary N) is 2. The number of carbonyl (C=O) groups is 3. The Bertz CT molecular complexity index is 2710. The maximum atomic E-state index is 14.1. The van der Waals surface area contributed by atoms with Crippen molar-refractivity contribution in [2.45, 2.75) is 44.2 Å². The van der Waals surface area contributed by atoms with Gasteiger partial charge in [-0.2, -0.15) is 16.6 Å². The highest BCUT2D eigenvalue weighted by atomic mass is 35.5. The Labute approximate surface area is 366 Å². The normalized spacial score (nSPS) is 16.0. The number of hydrogen-bond acceptors (Lipinski definition) is 8. The largest absolute Gasteiger partial charge is 0.489 e. The number of carbonyl (C=O) groups excluding carboxylic acids is 2. The van der Waals surface area contributed by atoms with Crippen molar-refractivity contribution in [1.82, 2.24) is 10.2 Å². The van der Waals surface area contributed by atoms with E-state index in [0.29, 0.717) is 44.9 Å². The van der Waals surface area contributed by atoms with Crippen LogP contribution in [0.5, 0.6) is 11.5 Å². The minimum absolute atomic E-state index is 0.0719. The number of hydrogen-bond donors (Lipinski definition) is 3. The molecular weight excluding hydrogens is 832 g/mol. The molecule has 0 saturated carbocycles. The molecule has 10 nitrogen and oxygen atoms in total. The van der Waals surface area contributed by atoms with E-state index in [1.165, 1.54) is 0 Å². The van der Waals surface area contributed by atoms with Crippen LogP contribution in [0.2, 0.25) is 10.0 Å². The summed E-state index contributed by atoms with van der Waals surface area (Å²) in [6, 6.07) is 32.9. The molecule has 0 radical (unpaired) electrons. The number of nitrogens with zero attached hydrogens (tertiary/aromatic N) is 2. The van der Waals surface area contributed by atoms with E-state index in [-0.39, 0.29) is 31.9 Å². The van der Waals surface area contributed by atoms with Crippen molar-refractivity contribution in [1.29, 1.82) is 5.26 Å². The lowest BCUT2D eigenvalue weighted by atomic mass is 9.91. The van der Waals surface area contributed by atoms with Gasteiger partial charge in [-0.15, -0.1) is 0 Å². The Hall–Kier alpha value is -6.60. The van der Waals surface area contributed by atoms with E-state index >= 15 is 0 Å². The summed E-state index contributed by atoms with van der Waals surface area (Å²) in [5.74, 6) is 5.52. The number of thiophene rings is 1. The predicted octanol–water partition coefficient (Wildman–Crippen LogP) is 8.84. The second-order valence-corrected chi connectivity index (χ2v) is 16.2. The minimum Gasteiger partial charge on any atom is -0.489 e. The molecule has 0 bridgehead atoms. The fourth-order valence-corrected chi connectivity index (χ4v) is 8.18. The number of ether oxygens (including phenoxy) is 2. The van der Waals surface area contributed by atoms with Gasteiger partial charge in [0.05, 0.1) is 40.0 Å². The summed E-state index contributed by atoms with van der Waals surface area (Å²) in [5, 5.41) is 30.0. The number of amides is 2. The van der Waals surface area contributed by atoms with E-state index in [2.05, 4.69) is 28.5 Å². The molecule has 0 fully saturated rings. The van der Waals surface area contributed by atoms with E-state index in [1.54, 1.807) is 59.9 Å². The van der Waals surface area contributed by atoms with E-state index in [0.717, 1.165) is 38.9 Å². The Morgan fingerprint density at radius 3 is 2.34 bits per heavy atom. The van der Waals surface area contributed by atoms with E-state index in [9.17, 15) is 19.5 Å². The average molecular weight is 868 g/mol. The summed E-state index contributed by atoms with van der Waals surface area (Å²) >= 11 is 13.7. The summed E-state index contributed by atoms with van der Waals surface area (Å²) in [6.45, 7) is 0.866. The van der Waals surface area contributed by atoms with E-state index in [4.69, 9.17) is 37.9 Å². The molecule has 5 aromatic carbocycles. The summed E-state index contributed by atoms with van der Waals surface area (Å²) < 4.78 is 12.2. The zero-order chi connectivity index (χ0) is 42.5. The number of carboxylic acid groups (broad SMARTS) is 1. The van der Waals surface area contributed by atoms with Gasteiger partial charge >= 0.3 is 5.97 Å². The van der Waals surface area contributed by atoms with Crippen LogP contribution in [-0.4, -0.2) is 46.4 Å². The standard InChI is InChI=1S/C48H36Cl2N4O6S/c49-39-16-7-32(20-40(39)50)27-59-38-14-12-35(13-15-38)45-47(56)52-41-22-36-23-43(54(26-37(36)24-44(41)60-45)18-1-2-31-17-19-61-28-31)46(55)53-42(48(57)58)21-29-3-8-33(9-4-29)34-10-5-30(25-51)6-11-34/h3-17,19-20,22,24,28,42-43,45H,18,21,23,26-27H2,(H,52,56)(H,53,55)(H,57,58)/t42-,43?,45?/m0/s1. The molecule has 0 spiro atoms. The first-order valence-electron chi connectivity index (χ1n) is 19.3. The van der Waals surface area contributed by atoms with Crippen molar-refractivity contribution in [3.8, 4) is 40.5 Å². The minimum atomic E-state index is -1.19. The van der Waals surface area contributed by atoms with Crippen LogP contribution in [0.15, 0.2) is 120 Å². The molecule has 3 heterocycles. The number of nitriles is 1. The molecule has 0 saturated heterocycles. The summed E-state index contributed by atoms with van der Waals surface area (Å²) in [7, 11) is 0. The lowest BCUT2D eigenvalue weighted by molar-refractivity contribution is -0.142. The highest BCUT2D eigenvalue weighted by Gasteiger charge is 2.36. The first kappa shape index (κ1) is 41.1. The van der Waals surface area contributed by atoms with Crippen molar-refractivity contribution in [3.05, 3.63) is 169 Å². The first-order valence-corrected chi connectivity index (χ1v) is 21.0. The SMILES string of the molecule is N#Cc1ccc(-c2ccc(C[C@H](NC(=O)C3Cc4cc5c(cc4CN3CC#Cc3ccsc3)OC(c3ccc(OCc4ccc(Cl)c(Cl)c4)cc3)C(=O)N5)C(=O)O)cc2)cc1. The maximum absolute atomic E-state index is 14.1. The molecule has 3 N–H and O–H groups in total. The van der Waals surface area contributed by atoms with Gasteiger partial charge in [0, 0.05) is 29.5 Å². The predicted molar refractivity (Wildman–Crippen MR) is 235 cm³/mol. The number of anilines is 1. The van der Waals surface area contributed by atoms with Crippen LogP contribution < -0.4 is 20.1 Å². The Morgan fingerprint density at radius 2 is 1.66 bits per heavy atom. The number of halogens is 2. The smallest absolute Gasteiger partial charge is 0.326 e. The van der Waals surface area contributed by atoms with Crippen LogP contribution in [0.25, 0.3) is 11.1 Å². The lowest BCUT2D eigenvalue weighted by Gasteiger charge is -2.36. The number of rotatable bonds is 11. The quantitative estimate of drug-likeness (QED) is 0.110. The van der Waals surface area contributed by atoms with Crippen LogP contribution in [0, 0.1) is 23.2 Å². The van der Waals surface area contributed by atoms with Crippen LogP contribution in [0.1, 0.15) is 45.0 Å². The molecule has 2 aliphatic rings. The Balaban J connectivity index is 0.973. The molecule has 61 heavy (non-hydrogen) atoms. The highest BCUT2D eigenvalue weighted by Crippen LogP contribution is 2.40. The van der Waals surface area contributed by atoms with Gasteiger partial charge in [-0.1, -0.05) is 89.6 Å². The molecule has 13 heteroatoms. The van der Waals surface area contributed by atoms with Crippen molar-refractivity contribution in [2.24, 2.45) is 0 Å². The molecule has 2 aliphatic heterocycles. The monoisotopic (exact) mass is 866 g/mol. The van der Waals surface area contributed by atoms with Crippen molar-refractivity contribution in [3.63, 3.8) is 0 Å². The van der Waals surface area contributed by atoms with Gasteiger partial charge in [-0.3, -0.25) is 14.5 Å². The molecular formula is C48H36Cl2N4O6S. The fraction of sp³-hybridized carbons (Fsp3) is 0.167. The third-order valence-corrected chi connectivity index (χ3v) is 12.0. The van der Waals surface area contributed by atoms with Gasteiger partial charge in [0.1, 0.15) is 24.1 Å². The van der Waals surface area contributed by atoms with Crippen molar-refractivity contribution >= 4 is 58.0 Å². The topological polar surface area (TPSA) is 141 Å². The Morgan fingerprint density at radius 1 is 0.918 bits per heavy atom. The number of benzene rings is 5. The van der Waals surface area contributed by atoms with Crippen molar-refractivity contribution in [2.75, 3.05) is 11.9 Å². The molecule has 3 atom stereocenters. The van der Waals surface area contributed by atoms with E-state index in [1.807, 2.05) is 76.3 Å². The van der Waals surface area contributed by atoms with Gasteiger partial charge in [0.15, 0.2) is 0 Å².